The van der Waals surface area contributed by atoms with Crippen LogP contribution in [0.5, 0.6) is 0 Å². The highest BCUT2D eigenvalue weighted by Crippen LogP contribution is 2.46. The fraction of sp³-hybridized carbons (Fsp3) is 0.348. The van der Waals surface area contributed by atoms with Crippen LogP contribution in [-0.4, -0.2) is 20.6 Å². The maximum absolute atomic E-state index is 13.3. The van der Waals surface area contributed by atoms with Gasteiger partial charge in [-0.25, -0.2) is 14.2 Å². The van der Waals surface area contributed by atoms with Crippen LogP contribution in [0.25, 0.3) is 16.6 Å². The number of hydrogen-bond donors (Lipinski definition) is 2. The Kier molecular flexibility index (Phi) is 4.08. The zero-order chi connectivity index (χ0) is 21.1. The van der Waals surface area contributed by atoms with Gasteiger partial charge in [0, 0.05) is 0 Å². The number of carboxylic acids is 1. The average Bonchev–Trinajstić information content (AvgIpc) is 2.65. The van der Waals surface area contributed by atoms with Crippen molar-refractivity contribution in [3.05, 3.63) is 73.9 Å². The monoisotopic (exact) mass is 392 g/mol. The number of carboxylic acid groups (broad SMARTS) is 1. The molecule has 0 bridgehead atoms. The minimum absolute atomic E-state index is 0.0303. The van der Waals surface area contributed by atoms with Crippen LogP contribution in [-0.2, 0) is 10.8 Å². The Labute approximate surface area is 167 Å². The van der Waals surface area contributed by atoms with E-state index in [4.69, 9.17) is 5.11 Å². The molecule has 3 aromatic rings. The molecule has 1 aromatic heterocycles. The van der Waals surface area contributed by atoms with Crippen LogP contribution in [0.2, 0.25) is 0 Å². The van der Waals surface area contributed by atoms with E-state index in [2.05, 4.69) is 32.7 Å². The topological polar surface area (TPSA) is 92.2 Å². The summed E-state index contributed by atoms with van der Waals surface area (Å²) >= 11 is 0. The molecule has 2 aromatic carbocycles. The van der Waals surface area contributed by atoms with Gasteiger partial charge in [-0.1, -0.05) is 27.7 Å². The van der Waals surface area contributed by atoms with Crippen LogP contribution >= 0.6 is 0 Å². The molecule has 150 valence electrons. The fourth-order valence-electron chi connectivity index (χ4n) is 4.27. The number of nitrogens with zero attached hydrogens (tertiary/aromatic N) is 1. The first kappa shape index (κ1) is 19.2. The fourth-order valence-corrected chi connectivity index (χ4v) is 4.27. The second-order valence-electron chi connectivity index (χ2n) is 9.13. The van der Waals surface area contributed by atoms with Gasteiger partial charge in [0.05, 0.1) is 22.2 Å². The molecule has 6 nitrogen and oxygen atoms in total. The second-order valence-corrected chi connectivity index (χ2v) is 9.13. The molecule has 0 amide bonds. The number of rotatable bonds is 2. The quantitative estimate of drug-likeness (QED) is 0.695. The molecular formula is C23H24N2O4. The molecule has 6 heteroatoms. The van der Waals surface area contributed by atoms with Gasteiger partial charge in [0.2, 0.25) is 0 Å². The van der Waals surface area contributed by atoms with E-state index in [9.17, 15) is 14.4 Å². The third-order valence-electron chi connectivity index (χ3n) is 6.24. The van der Waals surface area contributed by atoms with Crippen LogP contribution in [0.1, 0.15) is 62.0 Å². The van der Waals surface area contributed by atoms with Crippen molar-refractivity contribution in [2.45, 2.75) is 51.4 Å². The number of carbonyl (C=O) groups is 1. The van der Waals surface area contributed by atoms with Gasteiger partial charge in [-0.2, -0.15) is 0 Å². The lowest BCUT2D eigenvalue weighted by atomic mass is 9.63. The van der Waals surface area contributed by atoms with Gasteiger partial charge >= 0.3 is 11.7 Å². The molecule has 4 rings (SSSR count). The summed E-state index contributed by atoms with van der Waals surface area (Å²) in [4.78, 5) is 39.9. The van der Waals surface area contributed by atoms with Crippen molar-refractivity contribution in [3.8, 4) is 5.69 Å². The summed E-state index contributed by atoms with van der Waals surface area (Å²) in [6.45, 7) is 8.75. The Morgan fingerprint density at radius 1 is 0.966 bits per heavy atom. The zero-order valence-electron chi connectivity index (χ0n) is 17.0. The third kappa shape index (κ3) is 2.99. The number of hydrogen-bond acceptors (Lipinski definition) is 3. The molecule has 0 aliphatic heterocycles. The Morgan fingerprint density at radius 3 is 2.07 bits per heavy atom. The predicted molar refractivity (Wildman–Crippen MR) is 112 cm³/mol. The summed E-state index contributed by atoms with van der Waals surface area (Å²) in [7, 11) is 0. The highest BCUT2D eigenvalue weighted by atomic mass is 16.4. The molecule has 0 atom stereocenters. The summed E-state index contributed by atoms with van der Waals surface area (Å²) in [6.07, 6.45) is 2.06. The van der Waals surface area contributed by atoms with Crippen molar-refractivity contribution in [2.24, 2.45) is 0 Å². The molecule has 0 radical (unpaired) electrons. The lowest BCUT2D eigenvalue weighted by Gasteiger charge is -2.41. The first-order valence-corrected chi connectivity index (χ1v) is 9.69. The SMILES string of the molecule is CC1(C)CCC(C)(C)c2cc3c(=O)n(-c4ccc(C(=O)O)cc4)c(=O)[nH]c3cc21. The molecule has 0 unspecified atom stereocenters. The summed E-state index contributed by atoms with van der Waals surface area (Å²) in [5.74, 6) is -1.06. The molecule has 1 heterocycles. The molecular weight excluding hydrogens is 368 g/mol. The molecule has 0 spiro atoms. The maximum Gasteiger partial charge on any atom is 0.335 e. The minimum Gasteiger partial charge on any atom is -0.478 e. The zero-order valence-corrected chi connectivity index (χ0v) is 17.0. The standard InChI is InChI=1S/C23H24N2O4/c1-22(2)9-10-23(3,4)17-12-18-15(11-16(17)22)19(26)25(21(29)24-18)14-7-5-13(6-8-14)20(27)28/h5-8,11-12H,9-10H2,1-4H3,(H,24,29)(H,27,28). The van der Waals surface area contributed by atoms with Gasteiger partial charge < -0.3 is 10.1 Å². The predicted octanol–water partition coefficient (Wildman–Crippen LogP) is 3.73. The van der Waals surface area contributed by atoms with Gasteiger partial charge in [0.15, 0.2) is 0 Å². The van der Waals surface area contributed by atoms with Gasteiger partial charge in [0.1, 0.15) is 0 Å². The molecule has 1 aliphatic carbocycles. The maximum atomic E-state index is 13.3. The Hall–Kier alpha value is -3.15. The van der Waals surface area contributed by atoms with Crippen molar-refractivity contribution >= 4 is 16.9 Å². The minimum atomic E-state index is -1.06. The molecule has 2 N–H and O–H groups in total. The lowest BCUT2D eigenvalue weighted by molar-refractivity contribution is 0.0697. The van der Waals surface area contributed by atoms with Crippen LogP contribution < -0.4 is 11.2 Å². The van der Waals surface area contributed by atoms with Gasteiger partial charge in [-0.05, 0) is 71.2 Å². The van der Waals surface area contributed by atoms with E-state index in [-0.39, 0.29) is 16.4 Å². The van der Waals surface area contributed by atoms with E-state index in [0.29, 0.717) is 16.6 Å². The van der Waals surface area contributed by atoms with Crippen molar-refractivity contribution in [2.75, 3.05) is 0 Å². The van der Waals surface area contributed by atoms with E-state index in [1.807, 2.05) is 12.1 Å². The van der Waals surface area contributed by atoms with Gasteiger partial charge in [0.25, 0.3) is 5.56 Å². The summed E-state index contributed by atoms with van der Waals surface area (Å²) in [5, 5.41) is 9.52. The van der Waals surface area contributed by atoms with Crippen molar-refractivity contribution in [1.29, 1.82) is 0 Å². The van der Waals surface area contributed by atoms with E-state index >= 15 is 0 Å². The largest absolute Gasteiger partial charge is 0.478 e. The van der Waals surface area contributed by atoms with Gasteiger partial charge in [-0.3, -0.25) is 4.79 Å². The summed E-state index contributed by atoms with van der Waals surface area (Å²) in [5.41, 5.74) is 2.22. The van der Waals surface area contributed by atoms with Gasteiger partial charge in [-0.15, -0.1) is 0 Å². The van der Waals surface area contributed by atoms with E-state index < -0.39 is 17.2 Å². The summed E-state index contributed by atoms with van der Waals surface area (Å²) in [6, 6.07) is 9.57. The first-order valence-electron chi connectivity index (χ1n) is 9.69. The Morgan fingerprint density at radius 2 is 1.52 bits per heavy atom. The number of H-pyrrole nitrogens is 1. The highest BCUT2D eigenvalue weighted by Gasteiger charge is 2.37. The average molecular weight is 392 g/mol. The van der Waals surface area contributed by atoms with E-state index in [1.165, 1.54) is 29.8 Å². The highest BCUT2D eigenvalue weighted by molar-refractivity contribution is 5.87. The smallest absolute Gasteiger partial charge is 0.335 e. The van der Waals surface area contributed by atoms with Crippen LogP contribution in [0.4, 0.5) is 0 Å². The van der Waals surface area contributed by atoms with Crippen molar-refractivity contribution in [1.82, 2.24) is 9.55 Å². The molecule has 0 fully saturated rings. The number of aromatic nitrogens is 2. The third-order valence-corrected chi connectivity index (χ3v) is 6.24. The molecule has 0 saturated carbocycles. The lowest BCUT2D eigenvalue weighted by Crippen LogP contribution is -2.36. The van der Waals surface area contributed by atoms with Crippen LogP contribution in [0, 0.1) is 0 Å². The van der Waals surface area contributed by atoms with Crippen molar-refractivity contribution in [3.63, 3.8) is 0 Å². The second kappa shape index (κ2) is 6.17. The number of aromatic amines is 1. The number of benzene rings is 2. The van der Waals surface area contributed by atoms with Crippen LogP contribution in [0.15, 0.2) is 46.0 Å². The van der Waals surface area contributed by atoms with Crippen molar-refractivity contribution < 1.29 is 9.90 Å². The van der Waals surface area contributed by atoms with Crippen LogP contribution in [0.3, 0.4) is 0 Å². The number of fused-ring (bicyclic) bond motifs is 2. The molecule has 0 saturated heterocycles. The number of aromatic carboxylic acids is 1. The Balaban J connectivity index is 2.00. The Bertz CT molecular complexity index is 1260. The van der Waals surface area contributed by atoms with E-state index in [1.54, 1.807) is 0 Å². The normalized spacial score (nSPS) is 17.1. The first-order chi connectivity index (χ1) is 13.5. The molecule has 1 aliphatic rings. The van der Waals surface area contributed by atoms with E-state index in [0.717, 1.165) is 23.0 Å². The number of nitrogens with one attached hydrogen (secondary N) is 1. The summed E-state index contributed by atoms with van der Waals surface area (Å²) < 4.78 is 1.06. The molecule has 29 heavy (non-hydrogen) atoms.